The molecule has 0 spiro atoms. The lowest BCUT2D eigenvalue weighted by Gasteiger charge is -2.10. The minimum Gasteiger partial charge on any atom is -0.326 e. The summed E-state index contributed by atoms with van der Waals surface area (Å²) >= 11 is 5.76. The highest BCUT2D eigenvalue weighted by Crippen LogP contribution is 2.37. The molecule has 1 unspecified atom stereocenters. The van der Waals surface area contributed by atoms with E-state index in [1.807, 2.05) is 19.1 Å². The van der Waals surface area contributed by atoms with Crippen molar-refractivity contribution in [2.75, 3.05) is 5.32 Å². The first-order valence-corrected chi connectivity index (χ1v) is 5.61. The Morgan fingerprint density at radius 1 is 1.40 bits per heavy atom. The Morgan fingerprint density at radius 3 is 2.53 bits per heavy atom. The molecule has 0 radical (unpaired) electrons. The third-order valence-electron chi connectivity index (χ3n) is 2.85. The van der Waals surface area contributed by atoms with E-state index in [4.69, 9.17) is 11.6 Å². The molecule has 1 aromatic carbocycles. The molecule has 1 aromatic rings. The molecule has 0 aliphatic heterocycles. The number of rotatable bonds is 3. The molecule has 1 aliphatic carbocycles. The van der Waals surface area contributed by atoms with Crippen molar-refractivity contribution in [1.29, 1.82) is 0 Å². The van der Waals surface area contributed by atoms with Crippen molar-refractivity contribution in [3.8, 4) is 0 Å². The normalized spacial score (nSPS) is 17.2. The van der Waals surface area contributed by atoms with Crippen LogP contribution in [0.15, 0.2) is 24.3 Å². The van der Waals surface area contributed by atoms with Gasteiger partial charge in [-0.25, -0.2) is 0 Å². The minimum atomic E-state index is 0.111. The van der Waals surface area contributed by atoms with Crippen molar-refractivity contribution in [3.05, 3.63) is 29.3 Å². The molecule has 1 atom stereocenters. The van der Waals surface area contributed by atoms with Gasteiger partial charge in [0.1, 0.15) is 0 Å². The number of nitrogens with one attached hydrogen (secondary N) is 1. The van der Waals surface area contributed by atoms with Crippen LogP contribution in [0.2, 0.25) is 5.02 Å². The van der Waals surface area contributed by atoms with Crippen molar-refractivity contribution in [2.24, 2.45) is 11.8 Å². The van der Waals surface area contributed by atoms with E-state index in [1.165, 1.54) is 12.8 Å². The second-order valence-electron chi connectivity index (χ2n) is 4.12. The summed E-state index contributed by atoms with van der Waals surface area (Å²) in [7, 11) is 0. The summed E-state index contributed by atoms with van der Waals surface area (Å²) in [6.45, 7) is 1.99. The zero-order valence-corrected chi connectivity index (χ0v) is 9.42. The van der Waals surface area contributed by atoms with Gasteiger partial charge in [0.25, 0.3) is 0 Å². The van der Waals surface area contributed by atoms with Gasteiger partial charge >= 0.3 is 0 Å². The Labute approximate surface area is 94.6 Å². The molecule has 0 bridgehead atoms. The minimum absolute atomic E-state index is 0.111. The summed E-state index contributed by atoms with van der Waals surface area (Å²) in [5, 5.41) is 3.58. The number of hydrogen-bond acceptors (Lipinski definition) is 1. The maximum Gasteiger partial charge on any atom is 0.227 e. The summed E-state index contributed by atoms with van der Waals surface area (Å²) < 4.78 is 0. The number of halogens is 1. The van der Waals surface area contributed by atoms with Gasteiger partial charge in [-0.15, -0.1) is 0 Å². The molecule has 80 valence electrons. The Balaban J connectivity index is 1.95. The average molecular weight is 224 g/mol. The monoisotopic (exact) mass is 223 g/mol. The van der Waals surface area contributed by atoms with E-state index in [-0.39, 0.29) is 11.8 Å². The molecular weight excluding hydrogens is 210 g/mol. The SMILES string of the molecule is CC(C(=O)Nc1ccc(Cl)cc1)C1CC1. The second kappa shape index (κ2) is 4.23. The van der Waals surface area contributed by atoms with Gasteiger partial charge < -0.3 is 5.32 Å². The van der Waals surface area contributed by atoms with Crippen molar-refractivity contribution in [2.45, 2.75) is 19.8 Å². The van der Waals surface area contributed by atoms with Gasteiger partial charge in [0.15, 0.2) is 0 Å². The maximum absolute atomic E-state index is 11.7. The van der Waals surface area contributed by atoms with E-state index >= 15 is 0 Å². The quantitative estimate of drug-likeness (QED) is 0.837. The van der Waals surface area contributed by atoms with E-state index in [1.54, 1.807) is 12.1 Å². The standard InChI is InChI=1S/C12H14ClNO/c1-8(9-2-3-9)12(15)14-11-6-4-10(13)5-7-11/h4-9H,2-3H2,1H3,(H,14,15). The first kappa shape index (κ1) is 10.5. The number of carbonyl (C=O) groups is 1. The van der Waals surface area contributed by atoms with Crippen LogP contribution in [-0.2, 0) is 4.79 Å². The Kier molecular flexibility index (Phi) is 2.96. The fraction of sp³-hybridized carbons (Fsp3) is 0.417. The largest absolute Gasteiger partial charge is 0.326 e. The summed E-state index contributed by atoms with van der Waals surface area (Å²) in [5.41, 5.74) is 0.817. The van der Waals surface area contributed by atoms with Crippen LogP contribution in [0.25, 0.3) is 0 Å². The lowest BCUT2D eigenvalue weighted by Crippen LogP contribution is -2.21. The van der Waals surface area contributed by atoms with E-state index in [2.05, 4.69) is 5.32 Å². The van der Waals surface area contributed by atoms with Crippen molar-refractivity contribution in [1.82, 2.24) is 0 Å². The predicted molar refractivity (Wildman–Crippen MR) is 62.0 cm³/mol. The van der Waals surface area contributed by atoms with Crippen molar-refractivity contribution < 1.29 is 4.79 Å². The molecule has 1 aliphatic rings. The van der Waals surface area contributed by atoms with E-state index in [9.17, 15) is 4.79 Å². The zero-order valence-electron chi connectivity index (χ0n) is 8.66. The lowest BCUT2D eigenvalue weighted by molar-refractivity contribution is -0.119. The van der Waals surface area contributed by atoms with Gasteiger partial charge in [0, 0.05) is 16.6 Å². The molecule has 0 heterocycles. The van der Waals surface area contributed by atoms with Crippen LogP contribution in [0.5, 0.6) is 0 Å². The smallest absolute Gasteiger partial charge is 0.227 e. The van der Waals surface area contributed by atoms with Crippen LogP contribution >= 0.6 is 11.6 Å². The first-order valence-electron chi connectivity index (χ1n) is 5.23. The van der Waals surface area contributed by atoms with E-state index in [0.29, 0.717) is 10.9 Å². The average Bonchev–Trinajstić information content (AvgIpc) is 3.04. The van der Waals surface area contributed by atoms with Crippen LogP contribution in [0.1, 0.15) is 19.8 Å². The molecule has 1 N–H and O–H groups in total. The van der Waals surface area contributed by atoms with Crippen LogP contribution in [0.3, 0.4) is 0 Å². The second-order valence-corrected chi connectivity index (χ2v) is 4.56. The van der Waals surface area contributed by atoms with Crippen LogP contribution in [0.4, 0.5) is 5.69 Å². The van der Waals surface area contributed by atoms with Crippen LogP contribution in [-0.4, -0.2) is 5.91 Å². The summed E-state index contributed by atoms with van der Waals surface area (Å²) in [4.78, 5) is 11.7. The van der Waals surface area contributed by atoms with E-state index < -0.39 is 0 Å². The summed E-state index contributed by atoms with van der Waals surface area (Å²) in [6.07, 6.45) is 2.38. The molecule has 3 heteroatoms. The number of hydrogen-bond donors (Lipinski definition) is 1. The van der Waals surface area contributed by atoms with Gasteiger partial charge in [0.05, 0.1) is 0 Å². The summed E-state index contributed by atoms with van der Waals surface area (Å²) in [5.74, 6) is 0.831. The van der Waals surface area contributed by atoms with Gasteiger partial charge in [-0.3, -0.25) is 4.79 Å². The number of amides is 1. The number of anilines is 1. The molecule has 2 nitrogen and oxygen atoms in total. The molecular formula is C12H14ClNO. The fourth-order valence-electron chi connectivity index (χ4n) is 1.60. The summed E-state index contributed by atoms with van der Waals surface area (Å²) in [6, 6.07) is 7.19. The van der Waals surface area contributed by atoms with Crippen molar-refractivity contribution in [3.63, 3.8) is 0 Å². The highest BCUT2D eigenvalue weighted by atomic mass is 35.5. The van der Waals surface area contributed by atoms with Crippen molar-refractivity contribution >= 4 is 23.2 Å². The first-order chi connectivity index (χ1) is 7.16. The molecule has 1 fully saturated rings. The topological polar surface area (TPSA) is 29.1 Å². The highest BCUT2D eigenvalue weighted by Gasteiger charge is 2.32. The molecule has 15 heavy (non-hydrogen) atoms. The fourth-order valence-corrected chi connectivity index (χ4v) is 1.73. The van der Waals surface area contributed by atoms with E-state index in [0.717, 1.165) is 5.69 Å². The maximum atomic E-state index is 11.7. The Hall–Kier alpha value is -1.02. The van der Waals surface area contributed by atoms with Gasteiger partial charge in [-0.1, -0.05) is 18.5 Å². The lowest BCUT2D eigenvalue weighted by atomic mass is 10.1. The Morgan fingerprint density at radius 2 is 2.00 bits per heavy atom. The third kappa shape index (κ3) is 2.72. The Bertz CT molecular complexity index is 356. The highest BCUT2D eigenvalue weighted by molar-refractivity contribution is 6.30. The van der Waals surface area contributed by atoms with Gasteiger partial charge in [-0.2, -0.15) is 0 Å². The van der Waals surface area contributed by atoms with Gasteiger partial charge in [-0.05, 0) is 43.0 Å². The molecule has 1 amide bonds. The number of carbonyl (C=O) groups excluding carboxylic acids is 1. The zero-order chi connectivity index (χ0) is 10.8. The molecule has 1 saturated carbocycles. The molecule has 2 rings (SSSR count). The molecule has 0 saturated heterocycles. The van der Waals surface area contributed by atoms with Crippen LogP contribution in [0, 0.1) is 11.8 Å². The van der Waals surface area contributed by atoms with Crippen LogP contribution < -0.4 is 5.32 Å². The van der Waals surface area contributed by atoms with Gasteiger partial charge in [0.2, 0.25) is 5.91 Å². The number of benzene rings is 1. The third-order valence-corrected chi connectivity index (χ3v) is 3.11. The molecule has 0 aromatic heterocycles. The predicted octanol–water partition coefficient (Wildman–Crippen LogP) is 3.32.